The van der Waals surface area contributed by atoms with Crippen molar-refractivity contribution in [3.63, 3.8) is 0 Å². The third-order valence-corrected chi connectivity index (χ3v) is 2.24. The van der Waals surface area contributed by atoms with Crippen molar-refractivity contribution in [1.82, 2.24) is 15.5 Å². The van der Waals surface area contributed by atoms with Gasteiger partial charge in [0.25, 0.3) is 0 Å². The maximum absolute atomic E-state index is 9.18. The van der Waals surface area contributed by atoms with Crippen LogP contribution in [-0.2, 0) is 0 Å². The smallest absolute Gasteiger partial charge is 0.231 e. The lowest BCUT2D eigenvalue weighted by atomic mass is 10.1. The number of aliphatic hydroxyl groups is 1. The zero-order valence-electron chi connectivity index (χ0n) is 7.53. The van der Waals surface area contributed by atoms with Crippen molar-refractivity contribution in [3.8, 4) is 0 Å². The van der Waals surface area contributed by atoms with Crippen LogP contribution >= 0.6 is 0 Å². The van der Waals surface area contributed by atoms with Crippen molar-refractivity contribution in [1.29, 1.82) is 0 Å². The molecule has 1 aromatic heterocycles. The SMILES string of the molecule is CC(O)c1noc(C2CCNC2)n1. The summed E-state index contributed by atoms with van der Waals surface area (Å²) in [5, 5.41) is 16.1. The van der Waals surface area contributed by atoms with Gasteiger partial charge in [0.05, 0.1) is 5.92 Å². The minimum absolute atomic E-state index is 0.319. The molecule has 0 spiro atoms. The second kappa shape index (κ2) is 3.43. The normalized spacial score (nSPS) is 24.9. The standard InChI is InChI=1S/C8H13N3O2/c1-5(12)7-10-8(13-11-7)6-2-3-9-4-6/h5-6,9,12H,2-4H2,1H3. The summed E-state index contributed by atoms with van der Waals surface area (Å²) in [6.07, 6.45) is 0.383. The fourth-order valence-electron chi connectivity index (χ4n) is 1.45. The molecule has 0 amide bonds. The van der Waals surface area contributed by atoms with Crippen molar-refractivity contribution in [2.24, 2.45) is 0 Å². The molecule has 0 radical (unpaired) electrons. The first kappa shape index (κ1) is 8.65. The molecule has 13 heavy (non-hydrogen) atoms. The zero-order valence-corrected chi connectivity index (χ0v) is 7.53. The van der Waals surface area contributed by atoms with Gasteiger partial charge in [-0.3, -0.25) is 0 Å². The molecule has 1 aliphatic rings. The number of aliphatic hydroxyl groups excluding tert-OH is 1. The van der Waals surface area contributed by atoms with Gasteiger partial charge in [-0.1, -0.05) is 5.16 Å². The van der Waals surface area contributed by atoms with Crippen molar-refractivity contribution < 1.29 is 9.63 Å². The largest absolute Gasteiger partial charge is 0.385 e. The van der Waals surface area contributed by atoms with Crippen LogP contribution in [0.15, 0.2) is 4.52 Å². The maximum atomic E-state index is 9.18. The highest BCUT2D eigenvalue weighted by Gasteiger charge is 2.23. The van der Waals surface area contributed by atoms with Gasteiger partial charge in [0, 0.05) is 6.54 Å². The van der Waals surface area contributed by atoms with Gasteiger partial charge in [-0.05, 0) is 19.9 Å². The summed E-state index contributed by atoms with van der Waals surface area (Å²) in [5.41, 5.74) is 0. The fraction of sp³-hybridized carbons (Fsp3) is 0.750. The summed E-state index contributed by atoms with van der Waals surface area (Å²) < 4.78 is 5.05. The predicted octanol–water partition coefficient (Wildman–Crippen LogP) is 0.200. The Hall–Kier alpha value is -0.940. The fourth-order valence-corrected chi connectivity index (χ4v) is 1.45. The van der Waals surface area contributed by atoms with E-state index in [-0.39, 0.29) is 0 Å². The molecule has 1 saturated heterocycles. The Morgan fingerprint density at radius 3 is 3.08 bits per heavy atom. The van der Waals surface area contributed by atoms with Crippen LogP contribution in [0.1, 0.15) is 37.1 Å². The van der Waals surface area contributed by atoms with Crippen molar-refractivity contribution in [3.05, 3.63) is 11.7 Å². The minimum atomic E-state index is -0.646. The second-order valence-corrected chi connectivity index (χ2v) is 3.36. The summed E-state index contributed by atoms with van der Waals surface area (Å²) in [6.45, 7) is 3.51. The molecule has 2 heterocycles. The molecular formula is C8H13N3O2. The first-order valence-corrected chi connectivity index (χ1v) is 4.49. The predicted molar refractivity (Wildman–Crippen MR) is 45.2 cm³/mol. The van der Waals surface area contributed by atoms with Crippen molar-refractivity contribution >= 4 is 0 Å². The Morgan fingerprint density at radius 2 is 2.54 bits per heavy atom. The summed E-state index contributed by atoms with van der Waals surface area (Å²) >= 11 is 0. The van der Waals surface area contributed by atoms with Gasteiger partial charge in [0.1, 0.15) is 6.10 Å². The van der Waals surface area contributed by atoms with Gasteiger partial charge in [-0.25, -0.2) is 0 Å². The Bertz CT molecular complexity index is 279. The van der Waals surface area contributed by atoms with E-state index in [9.17, 15) is 5.11 Å². The van der Waals surface area contributed by atoms with Crippen LogP contribution in [0.25, 0.3) is 0 Å². The van der Waals surface area contributed by atoms with E-state index >= 15 is 0 Å². The van der Waals surface area contributed by atoms with Crippen molar-refractivity contribution in [2.45, 2.75) is 25.4 Å². The molecule has 1 aliphatic heterocycles. The number of nitrogens with one attached hydrogen (secondary N) is 1. The van der Waals surface area contributed by atoms with E-state index in [1.165, 1.54) is 0 Å². The van der Waals surface area contributed by atoms with Gasteiger partial charge in [0.2, 0.25) is 5.89 Å². The second-order valence-electron chi connectivity index (χ2n) is 3.36. The molecule has 0 saturated carbocycles. The van der Waals surface area contributed by atoms with E-state index in [4.69, 9.17) is 4.52 Å². The summed E-state index contributed by atoms with van der Waals surface area (Å²) in [4.78, 5) is 4.12. The van der Waals surface area contributed by atoms with E-state index in [0.29, 0.717) is 17.6 Å². The van der Waals surface area contributed by atoms with Crippen molar-refractivity contribution in [2.75, 3.05) is 13.1 Å². The third-order valence-electron chi connectivity index (χ3n) is 2.24. The van der Waals surface area contributed by atoms with Crippen LogP contribution in [0, 0.1) is 0 Å². The van der Waals surface area contributed by atoms with Crippen LogP contribution in [0.2, 0.25) is 0 Å². The first-order chi connectivity index (χ1) is 6.27. The highest BCUT2D eigenvalue weighted by molar-refractivity contribution is 4.98. The number of hydrogen-bond donors (Lipinski definition) is 2. The lowest BCUT2D eigenvalue weighted by Crippen LogP contribution is -2.08. The first-order valence-electron chi connectivity index (χ1n) is 4.49. The van der Waals surface area contributed by atoms with Crippen LogP contribution in [-0.4, -0.2) is 28.3 Å². The molecule has 1 fully saturated rings. The molecule has 0 bridgehead atoms. The molecule has 1 aromatic rings. The summed E-state index contributed by atoms with van der Waals surface area (Å²) in [7, 11) is 0. The molecule has 0 aromatic carbocycles. The number of hydrogen-bond acceptors (Lipinski definition) is 5. The number of nitrogens with zero attached hydrogens (tertiary/aromatic N) is 2. The minimum Gasteiger partial charge on any atom is -0.385 e. The molecule has 5 heteroatoms. The molecule has 5 nitrogen and oxygen atoms in total. The highest BCUT2D eigenvalue weighted by atomic mass is 16.5. The van der Waals surface area contributed by atoms with E-state index < -0.39 is 6.10 Å². The zero-order chi connectivity index (χ0) is 9.26. The molecule has 2 atom stereocenters. The van der Waals surface area contributed by atoms with E-state index in [1.54, 1.807) is 6.92 Å². The molecule has 72 valence electrons. The van der Waals surface area contributed by atoms with E-state index in [2.05, 4.69) is 15.5 Å². The van der Waals surface area contributed by atoms with E-state index in [1.807, 2.05) is 0 Å². The topological polar surface area (TPSA) is 71.2 Å². The van der Waals surface area contributed by atoms with Gasteiger partial charge in [-0.15, -0.1) is 0 Å². The molecular weight excluding hydrogens is 170 g/mol. The summed E-state index contributed by atoms with van der Waals surface area (Å²) in [6, 6.07) is 0. The van der Waals surface area contributed by atoms with Crippen LogP contribution in [0.3, 0.4) is 0 Å². The average molecular weight is 183 g/mol. The van der Waals surface area contributed by atoms with Gasteiger partial charge in [0.15, 0.2) is 5.82 Å². The number of rotatable bonds is 2. The van der Waals surface area contributed by atoms with Crippen LogP contribution in [0.5, 0.6) is 0 Å². The Morgan fingerprint density at radius 1 is 1.69 bits per heavy atom. The lowest BCUT2D eigenvalue weighted by Gasteiger charge is -1.98. The van der Waals surface area contributed by atoms with E-state index in [0.717, 1.165) is 19.5 Å². The summed E-state index contributed by atoms with van der Waals surface area (Å²) in [5.74, 6) is 1.34. The average Bonchev–Trinajstić information content (AvgIpc) is 2.75. The van der Waals surface area contributed by atoms with Crippen LogP contribution < -0.4 is 5.32 Å². The molecule has 2 unspecified atom stereocenters. The van der Waals surface area contributed by atoms with Gasteiger partial charge in [-0.2, -0.15) is 4.98 Å². The Balaban J connectivity index is 2.12. The van der Waals surface area contributed by atoms with Gasteiger partial charge < -0.3 is 14.9 Å². The highest BCUT2D eigenvalue weighted by Crippen LogP contribution is 2.21. The lowest BCUT2D eigenvalue weighted by molar-refractivity contribution is 0.184. The maximum Gasteiger partial charge on any atom is 0.231 e. The monoisotopic (exact) mass is 183 g/mol. The Labute approximate surface area is 76.1 Å². The molecule has 0 aliphatic carbocycles. The third kappa shape index (κ3) is 1.71. The van der Waals surface area contributed by atoms with Crippen LogP contribution in [0.4, 0.5) is 0 Å². The Kier molecular flexibility index (Phi) is 2.28. The van der Waals surface area contributed by atoms with Gasteiger partial charge >= 0.3 is 0 Å². The quantitative estimate of drug-likeness (QED) is 0.685. The number of aromatic nitrogens is 2. The molecule has 2 rings (SSSR count). The molecule has 2 N–H and O–H groups in total.